The highest BCUT2D eigenvalue weighted by molar-refractivity contribution is 14.1. The van der Waals surface area contributed by atoms with Crippen LogP contribution in [0, 0.1) is 3.57 Å². The number of benzene rings is 1. The van der Waals surface area contributed by atoms with E-state index in [0.29, 0.717) is 6.04 Å². The molecule has 0 spiro atoms. The van der Waals surface area contributed by atoms with E-state index in [1.54, 1.807) is 6.33 Å². The second-order valence-corrected chi connectivity index (χ2v) is 7.98. The molecule has 0 bridgehead atoms. The summed E-state index contributed by atoms with van der Waals surface area (Å²) in [5.74, 6) is 2.48. The Morgan fingerprint density at radius 2 is 2.20 bits per heavy atom. The van der Waals surface area contributed by atoms with Gasteiger partial charge in [0.25, 0.3) is 0 Å². The van der Waals surface area contributed by atoms with E-state index in [9.17, 15) is 4.21 Å². The average molecular weight is 401 g/mol. The Bertz CT molecular complexity index is 664. The molecule has 0 radical (unpaired) electrons. The van der Waals surface area contributed by atoms with Crippen LogP contribution in [0.5, 0.6) is 0 Å². The van der Waals surface area contributed by atoms with Crippen molar-refractivity contribution in [1.29, 1.82) is 0 Å². The van der Waals surface area contributed by atoms with Gasteiger partial charge in [-0.05, 0) is 54.1 Å². The van der Waals surface area contributed by atoms with E-state index in [2.05, 4.69) is 56.5 Å². The summed E-state index contributed by atoms with van der Waals surface area (Å²) < 4.78 is 13.0. The van der Waals surface area contributed by atoms with E-state index >= 15 is 0 Å². The molecule has 1 saturated heterocycles. The molecule has 4 nitrogen and oxygen atoms in total. The van der Waals surface area contributed by atoms with Crippen LogP contribution in [-0.4, -0.2) is 38.3 Å². The fraction of sp³-hybridized carbons (Fsp3) is 0.429. The SMILES string of the molecule is C[C@@H]1CC[S@](=O)CCN1c1ncnc2ccc(I)cc12. The molecule has 106 valence electrons. The van der Waals surface area contributed by atoms with E-state index < -0.39 is 10.8 Å². The van der Waals surface area contributed by atoms with Crippen molar-refractivity contribution in [3.63, 3.8) is 0 Å². The molecule has 6 heteroatoms. The molecule has 20 heavy (non-hydrogen) atoms. The number of aromatic nitrogens is 2. The Labute approximate surface area is 134 Å². The minimum absolute atomic E-state index is 0.359. The third kappa shape index (κ3) is 2.81. The number of hydrogen-bond acceptors (Lipinski definition) is 4. The Kier molecular flexibility index (Phi) is 4.21. The van der Waals surface area contributed by atoms with Gasteiger partial charge in [-0.25, -0.2) is 9.97 Å². The first-order valence-corrected chi connectivity index (χ1v) is 9.24. The number of anilines is 1. The number of fused-ring (bicyclic) bond motifs is 1. The van der Waals surface area contributed by atoms with E-state index in [1.165, 1.54) is 3.57 Å². The zero-order valence-electron chi connectivity index (χ0n) is 11.3. The predicted octanol–water partition coefficient (Wildman–Crippen LogP) is 2.58. The van der Waals surface area contributed by atoms with Crippen molar-refractivity contribution in [3.8, 4) is 0 Å². The summed E-state index contributed by atoms with van der Waals surface area (Å²) in [4.78, 5) is 11.1. The van der Waals surface area contributed by atoms with Crippen molar-refractivity contribution >= 4 is 50.1 Å². The predicted molar refractivity (Wildman–Crippen MR) is 91.6 cm³/mol. The summed E-state index contributed by atoms with van der Waals surface area (Å²) in [6, 6.07) is 6.57. The molecule has 1 fully saturated rings. The quantitative estimate of drug-likeness (QED) is 0.690. The van der Waals surface area contributed by atoms with Gasteiger partial charge in [0.05, 0.1) is 5.52 Å². The fourth-order valence-corrected chi connectivity index (χ4v) is 4.24. The Morgan fingerprint density at radius 1 is 1.35 bits per heavy atom. The Hall–Kier alpha value is -0.760. The van der Waals surface area contributed by atoms with Gasteiger partial charge in [0.1, 0.15) is 12.1 Å². The smallest absolute Gasteiger partial charge is 0.140 e. The van der Waals surface area contributed by atoms with Crippen LogP contribution in [0.3, 0.4) is 0 Å². The monoisotopic (exact) mass is 401 g/mol. The van der Waals surface area contributed by atoms with Crippen LogP contribution in [-0.2, 0) is 10.8 Å². The number of nitrogens with zero attached hydrogens (tertiary/aromatic N) is 3. The van der Waals surface area contributed by atoms with Gasteiger partial charge in [-0.1, -0.05) is 0 Å². The summed E-state index contributed by atoms with van der Waals surface area (Å²) in [5.41, 5.74) is 0.966. The molecule has 2 aromatic rings. The van der Waals surface area contributed by atoms with Gasteiger partial charge in [-0.15, -0.1) is 0 Å². The maximum atomic E-state index is 11.8. The van der Waals surface area contributed by atoms with Crippen LogP contribution in [0.25, 0.3) is 10.9 Å². The zero-order valence-corrected chi connectivity index (χ0v) is 14.2. The fourth-order valence-electron chi connectivity index (χ4n) is 2.54. The van der Waals surface area contributed by atoms with Crippen LogP contribution in [0.15, 0.2) is 24.5 Å². The first-order valence-electron chi connectivity index (χ1n) is 6.67. The molecule has 2 heterocycles. The molecular formula is C14H16IN3OS. The number of halogens is 1. The van der Waals surface area contributed by atoms with Gasteiger partial charge in [0.2, 0.25) is 0 Å². The van der Waals surface area contributed by atoms with Gasteiger partial charge < -0.3 is 4.90 Å². The Balaban J connectivity index is 2.08. The minimum Gasteiger partial charge on any atom is -0.352 e. The highest BCUT2D eigenvalue weighted by Gasteiger charge is 2.22. The number of hydrogen-bond donors (Lipinski definition) is 0. The van der Waals surface area contributed by atoms with E-state index in [0.717, 1.165) is 41.2 Å². The molecule has 0 amide bonds. The zero-order chi connectivity index (χ0) is 14.1. The number of rotatable bonds is 1. The average Bonchev–Trinajstić information content (AvgIpc) is 2.61. The summed E-state index contributed by atoms with van der Waals surface area (Å²) in [5, 5.41) is 1.08. The van der Waals surface area contributed by atoms with Crippen LogP contribution in [0.2, 0.25) is 0 Å². The second-order valence-electron chi connectivity index (χ2n) is 5.04. The lowest BCUT2D eigenvalue weighted by molar-refractivity contribution is 0.639. The first-order chi connectivity index (χ1) is 9.65. The minimum atomic E-state index is -0.697. The summed E-state index contributed by atoms with van der Waals surface area (Å²) >= 11 is 2.31. The third-order valence-electron chi connectivity index (χ3n) is 3.70. The normalized spacial score (nSPS) is 23.8. The third-order valence-corrected chi connectivity index (χ3v) is 5.70. The molecule has 3 rings (SSSR count). The highest BCUT2D eigenvalue weighted by atomic mass is 127. The van der Waals surface area contributed by atoms with Gasteiger partial charge in [0, 0.05) is 43.8 Å². The van der Waals surface area contributed by atoms with Crippen molar-refractivity contribution in [2.24, 2.45) is 0 Å². The second kappa shape index (κ2) is 5.93. The van der Waals surface area contributed by atoms with Crippen LogP contribution >= 0.6 is 22.6 Å². The van der Waals surface area contributed by atoms with E-state index in [1.807, 2.05) is 6.07 Å². The molecule has 1 aromatic carbocycles. The molecule has 0 saturated carbocycles. The molecule has 1 aliphatic rings. The Morgan fingerprint density at radius 3 is 3.05 bits per heavy atom. The largest absolute Gasteiger partial charge is 0.352 e. The lowest BCUT2D eigenvalue weighted by Crippen LogP contribution is -2.34. The van der Waals surface area contributed by atoms with Crippen molar-refractivity contribution in [2.45, 2.75) is 19.4 Å². The molecule has 0 unspecified atom stereocenters. The molecule has 2 atom stereocenters. The van der Waals surface area contributed by atoms with E-state index in [4.69, 9.17) is 0 Å². The molecule has 0 N–H and O–H groups in total. The van der Waals surface area contributed by atoms with Gasteiger partial charge >= 0.3 is 0 Å². The van der Waals surface area contributed by atoms with E-state index in [-0.39, 0.29) is 0 Å². The lowest BCUT2D eigenvalue weighted by atomic mass is 10.1. The van der Waals surface area contributed by atoms with Gasteiger partial charge in [-0.3, -0.25) is 4.21 Å². The molecule has 1 aliphatic heterocycles. The van der Waals surface area contributed by atoms with Crippen molar-refractivity contribution in [2.75, 3.05) is 23.0 Å². The topological polar surface area (TPSA) is 46.1 Å². The van der Waals surface area contributed by atoms with Crippen LogP contribution in [0.1, 0.15) is 13.3 Å². The van der Waals surface area contributed by atoms with Crippen molar-refractivity contribution in [1.82, 2.24) is 9.97 Å². The summed E-state index contributed by atoms with van der Waals surface area (Å²) in [6.07, 6.45) is 2.57. The van der Waals surface area contributed by atoms with Gasteiger partial charge in [0.15, 0.2) is 0 Å². The molecular weight excluding hydrogens is 385 g/mol. The summed E-state index contributed by atoms with van der Waals surface area (Å²) in [7, 11) is -0.697. The van der Waals surface area contributed by atoms with Crippen LogP contribution < -0.4 is 4.90 Å². The first kappa shape index (κ1) is 14.2. The molecule has 0 aliphatic carbocycles. The van der Waals surface area contributed by atoms with Crippen molar-refractivity contribution < 1.29 is 4.21 Å². The standard InChI is InChI=1S/C14H16IN3OS/c1-10-4-6-20(19)7-5-18(10)14-12-8-11(15)2-3-13(12)16-9-17-14/h2-3,8-10H,4-7H2,1H3/t10-,20+/m1/s1. The van der Waals surface area contributed by atoms with Gasteiger partial charge in [-0.2, -0.15) is 0 Å². The highest BCUT2D eigenvalue weighted by Crippen LogP contribution is 2.27. The maximum Gasteiger partial charge on any atom is 0.140 e. The van der Waals surface area contributed by atoms with Crippen molar-refractivity contribution in [3.05, 3.63) is 28.1 Å². The maximum absolute atomic E-state index is 11.8. The lowest BCUT2D eigenvalue weighted by Gasteiger charge is -2.28. The molecule has 1 aromatic heterocycles. The summed E-state index contributed by atoms with van der Waals surface area (Å²) in [6.45, 7) is 2.98. The van der Waals surface area contributed by atoms with Crippen LogP contribution in [0.4, 0.5) is 5.82 Å².